The van der Waals surface area contributed by atoms with Gasteiger partial charge in [0.1, 0.15) is 5.75 Å². The number of benzene rings is 1. The van der Waals surface area contributed by atoms with E-state index >= 15 is 0 Å². The van der Waals surface area contributed by atoms with Crippen molar-refractivity contribution in [1.29, 1.82) is 0 Å². The van der Waals surface area contributed by atoms with E-state index in [1.807, 2.05) is 25.1 Å². The lowest BCUT2D eigenvalue weighted by molar-refractivity contribution is -0.123. The summed E-state index contributed by atoms with van der Waals surface area (Å²) in [6.45, 7) is 13.7. The molecule has 0 atom stereocenters. The van der Waals surface area contributed by atoms with Crippen molar-refractivity contribution in [3.63, 3.8) is 0 Å². The van der Waals surface area contributed by atoms with Crippen molar-refractivity contribution in [3.05, 3.63) is 29.3 Å². The Labute approximate surface area is 129 Å². The number of nitrogens with one attached hydrogen (secondary N) is 1. The Morgan fingerprint density at radius 2 is 1.71 bits per heavy atom. The molecule has 0 saturated carbocycles. The Morgan fingerprint density at radius 1 is 1.10 bits per heavy atom. The predicted molar refractivity (Wildman–Crippen MR) is 87.6 cm³/mol. The average Bonchev–Trinajstić information content (AvgIpc) is 2.39. The molecule has 118 valence electrons. The van der Waals surface area contributed by atoms with Gasteiger partial charge in [0, 0.05) is 6.54 Å². The monoisotopic (exact) mass is 291 g/mol. The van der Waals surface area contributed by atoms with E-state index in [0.29, 0.717) is 24.3 Å². The van der Waals surface area contributed by atoms with Crippen molar-refractivity contribution in [2.45, 2.75) is 41.5 Å². The van der Waals surface area contributed by atoms with Crippen molar-refractivity contribution in [1.82, 2.24) is 5.32 Å². The van der Waals surface area contributed by atoms with Crippen LogP contribution in [-0.2, 0) is 4.79 Å². The molecule has 1 N–H and O–H groups in total. The molecule has 21 heavy (non-hydrogen) atoms. The minimum absolute atomic E-state index is 0.0560. The van der Waals surface area contributed by atoms with E-state index in [0.717, 1.165) is 5.75 Å². The van der Waals surface area contributed by atoms with Crippen LogP contribution in [0.4, 0.5) is 0 Å². The molecule has 0 bridgehead atoms. The highest BCUT2D eigenvalue weighted by atomic mass is 16.5. The lowest BCUT2D eigenvalue weighted by Crippen LogP contribution is -2.36. The Kier molecular flexibility index (Phi) is 6.73. The van der Waals surface area contributed by atoms with E-state index in [1.165, 1.54) is 11.1 Å². The first-order valence-corrected chi connectivity index (χ1v) is 7.78. The van der Waals surface area contributed by atoms with Gasteiger partial charge in [-0.1, -0.05) is 33.8 Å². The van der Waals surface area contributed by atoms with Gasteiger partial charge >= 0.3 is 0 Å². The smallest absolute Gasteiger partial charge is 0.257 e. The van der Waals surface area contributed by atoms with Crippen LogP contribution >= 0.6 is 0 Å². The molecule has 3 nitrogen and oxygen atoms in total. The van der Waals surface area contributed by atoms with Crippen LogP contribution in [0.25, 0.3) is 0 Å². The van der Waals surface area contributed by atoms with Crippen LogP contribution in [0.2, 0.25) is 0 Å². The first kappa shape index (κ1) is 17.5. The second-order valence-corrected chi connectivity index (χ2v) is 6.49. The minimum Gasteiger partial charge on any atom is -0.484 e. The zero-order valence-corrected chi connectivity index (χ0v) is 14.2. The van der Waals surface area contributed by atoms with Crippen LogP contribution in [0.1, 0.15) is 38.8 Å². The van der Waals surface area contributed by atoms with Crippen LogP contribution in [-0.4, -0.2) is 19.1 Å². The van der Waals surface area contributed by atoms with Crippen LogP contribution in [0, 0.1) is 31.6 Å². The van der Waals surface area contributed by atoms with Gasteiger partial charge in [-0.2, -0.15) is 0 Å². The number of carbonyl (C=O) groups is 1. The molecule has 0 fully saturated rings. The molecule has 0 heterocycles. The van der Waals surface area contributed by atoms with E-state index in [1.54, 1.807) is 0 Å². The third-order valence-corrected chi connectivity index (χ3v) is 4.10. The highest BCUT2D eigenvalue weighted by Crippen LogP contribution is 2.19. The summed E-state index contributed by atoms with van der Waals surface area (Å²) in [5, 5.41) is 2.98. The molecule has 3 heteroatoms. The van der Waals surface area contributed by atoms with Crippen molar-refractivity contribution < 1.29 is 9.53 Å². The molecule has 0 aliphatic heterocycles. The van der Waals surface area contributed by atoms with Gasteiger partial charge in [-0.3, -0.25) is 4.79 Å². The molecule has 0 radical (unpaired) electrons. The van der Waals surface area contributed by atoms with Crippen molar-refractivity contribution >= 4 is 5.91 Å². The molecular weight excluding hydrogens is 262 g/mol. The first-order chi connectivity index (χ1) is 9.81. The maximum absolute atomic E-state index is 11.9. The van der Waals surface area contributed by atoms with Gasteiger partial charge in [0.25, 0.3) is 5.91 Å². The summed E-state index contributed by atoms with van der Waals surface area (Å²) in [5.74, 6) is 2.31. The summed E-state index contributed by atoms with van der Waals surface area (Å²) < 4.78 is 5.54. The molecular formula is C18H29NO2. The molecule has 0 aliphatic rings. The normalized spacial score (nSPS) is 11.3. The second-order valence-electron chi connectivity index (χ2n) is 6.49. The molecule has 0 unspecified atom stereocenters. The fraction of sp³-hybridized carbons (Fsp3) is 0.611. The number of hydrogen-bond donors (Lipinski definition) is 1. The third kappa shape index (κ3) is 5.78. The highest BCUT2D eigenvalue weighted by molar-refractivity contribution is 5.77. The zero-order valence-electron chi connectivity index (χ0n) is 14.2. The highest BCUT2D eigenvalue weighted by Gasteiger charge is 2.18. The topological polar surface area (TPSA) is 38.3 Å². The Balaban J connectivity index is 2.42. The maximum atomic E-state index is 11.9. The summed E-state index contributed by atoms with van der Waals surface area (Å²) in [5.41, 5.74) is 2.40. The molecule has 1 aromatic carbocycles. The summed E-state index contributed by atoms with van der Waals surface area (Å²) in [4.78, 5) is 11.9. The molecule has 0 aromatic heterocycles. The number of rotatable bonds is 7. The van der Waals surface area contributed by atoms with Crippen LogP contribution < -0.4 is 10.1 Å². The van der Waals surface area contributed by atoms with Gasteiger partial charge in [-0.15, -0.1) is 0 Å². The van der Waals surface area contributed by atoms with E-state index in [9.17, 15) is 4.79 Å². The quantitative estimate of drug-likeness (QED) is 0.831. The third-order valence-electron chi connectivity index (χ3n) is 4.10. The summed E-state index contributed by atoms with van der Waals surface area (Å²) in [7, 11) is 0. The number of amides is 1. The zero-order chi connectivity index (χ0) is 16.0. The summed E-state index contributed by atoms with van der Waals surface area (Å²) in [6, 6.07) is 5.88. The van der Waals surface area contributed by atoms with Gasteiger partial charge < -0.3 is 10.1 Å². The van der Waals surface area contributed by atoms with Crippen LogP contribution in [0.15, 0.2) is 18.2 Å². The van der Waals surface area contributed by atoms with Crippen molar-refractivity contribution in [2.75, 3.05) is 13.2 Å². The SMILES string of the molecule is Cc1ccc(OCC(=O)NCC(C(C)C)C(C)C)cc1C. The Morgan fingerprint density at radius 3 is 2.24 bits per heavy atom. The lowest BCUT2D eigenvalue weighted by atomic mass is 9.85. The van der Waals surface area contributed by atoms with Crippen LogP contribution in [0.3, 0.4) is 0 Å². The predicted octanol–water partition coefficient (Wildman–Crippen LogP) is 3.73. The fourth-order valence-electron chi connectivity index (χ4n) is 2.48. The number of carbonyl (C=O) groups excluding carboxylic acids is 1. The largest absolute Gasteiger partial charge is 0.484 e. The maximum Gasteiger partial charge on any atom is 0.257 e. The van der Waals surface area contributed by atoms with Crippen molar-refractivity contribution in [3.8, 4) is 5.75 Å². The first-order valence-electron chi connectivity index (χ1n) is 7.78. The molecule has 0 aliphatic carbocycles. The number of hydrogen-bond acceptors (Lipinski definition) is 2. The molecule has 1 rings (SSSR count). The molecule has 0 saturated heterocycles. The van der Waals surface area contributed by atoms with Gasteiger partial charge in [0.15, 0.2) is 6.61 Å². The minimum atomic E-state index is -0.0560. The molecule has 1 amide bonds. The van der Waals surface area contributed by atoms with Gasteiger partial charge in [-0.25, -0.2) is 0 Å². The Bertz CT molecular complexity index is 458. The van der Waals surface area contributed by atoms with Crippen LogP contribution in [0.5, 0.6) is 5.75 Å². The summed E-state index contributed by atoms with van der Waals surface area (Å²) >= 11 is 0. The fourth-order valence-corrected chi connectivity index (χ4v) is 2.48. The van der Waals surface area contributed by atoms with E-state index < -0.39 is 0 Å². The van der Waals surface area contributed by atoms with Gasteiger partial charge in [0.2, 0.25) is 0 Å². The number of ether oxygens (including phenoxy) is 1. The van der Waals surface area contributed by atoms with E-state index in [2.05, 4.69) is 39.9 Å². The molecule has 0 spiro atoms. The second kappa shape index (κ2) is 8.06. The molecule has 1 aromatic rings. The average molecular weight is 291 g/mol. The lowest BCUT2D eigenvalue weighted by Gasteiger charge is -2.25. The van der Waals surface area contributed by atoms with E-state index in [-0.39, 0.29) is 12.5 Å². The van der Waals surface area contributed by atoms with Gasteiger partial charge in [0.05, 0.1) is 0 Å². The Hall–Kier alpha value is -1.51. The summed E-state index contributed by atoms with van der Waals surface area (Å²) in [6.07, 6.45) is 0. The van der Waals surface area contributed by atoms with Gasteiger partial charge in [-0.05, 0) is 54.9 Å². The van der Waals surface area contributed by atoms with E-state index in [4.69, 9.17) is 4.74 Å². The van der Waals surface area contributed by atoms with Crippen molar-refractivity contribution in [2.24, 2.45) is 17.8 Å². The standard InChI is InChI=1S/C18H29NO2/c1-12(2)17(13(3)4)10-19-18(20)11-21-16-8-7-14(5)15(6)9-16/h7-9,12-13,17H,10-11H2,1-6H3,(H,19,20). The number of aryl methyl sites for hydroxylation is 2.